The van der Waals surface area contributed by atoms with Gasteiger partial charge in [0.25, 0.3) is 0 Å². The van der Waals surface area contributed by atoms with E-state index in [4.69, 9.17) is 9.15 Å². The highest BCUT2D eigenvalue weighted by molar-refractivity contribution is 5.84. The Bertz CT molecular complexity index is 804. The lowest BCUT2D eigenvalue weighted by Crippen LogP contribution is -2.44. The first-order valence-corrected chi connectivity index (χ1v) is 8.11. The average Bonchev–Trinajstić information content (AvgIpc) is 3.16. The maximum atomic E-state index is 12.6. The first-order valence-electron chi connectivity index (χ1n) is 8.11. The van der Waals surface area contributed by atoms with Gasteiger partial charge in [-0.1, -0.05) is 0 Å². The van der Waals surface area contributed by atoms with Crippen LogP contribution in [-0.4, -0.2) is 49.4 Å². The van der Waals surface area contributed by atoms with Crippen LogP contribution in [0.5, 0.6) is 0 Å². The minimum atomic E-state index is -0.167. The third kappa shape index (κ3) is 2.65. The number of nitrogens with zero attached hydrogens (tertiary/aromatic N) is 2. The SMILES string of the molecule is COC1Cc2[nH]c(N3CCNCC3)cc(=O)c2C=C1c1cnco1. The molecule has 2 aromatic rings. The Morgan fingerprint density at radius 1 is 1.38 bits per heavy atom. The van der Waals surface area contributed by atoms with E-state index >= 15 is 0 Å². The number of rotatable bonds is 3. The number of oxazole rings is 1. The Hall–Kier alpha value is -2.38. The lowest BCUT2D eigenvalue weighted by Gasteiger charge is -2.30. The highest BCUT2D eigenvalue weighted by Gasteiger charge is 2.27. The van der Waals surface area contributed by atoms with E-state index in [9.17, 15) is 4.79 Å². The molecule has 2 aliphatic rings. The van der Waals surface area contributed by atoms with Crippen molar-refractivity contribution in [1.29, 1.82) is 0 Å². The second-order valence-electron chi connectivity index (χ2n) is 6.04. The van der Waals surface area contributed by atoms with Crippen LogP contribution in [0.25, 0.3) is 11.6 Å². The van der Waals surface area contributed by atoms with Gasteiger partial charge in [0.15, 0.2) is 17.6 Å². The second kappa shape index (κ2) is 6.26. The molecule has 0 saturated carbocycles. The summed E-state index contributed by atoms with van der Waals surface area (Å²) in [6.07, 6.45) is 5.32. The molecule has 0 bridgehead atoms. The van der Waals surface area contributed by atoms with Gasteiger partial charge >= 0.3 is 0 Å². The van der Waals surface area contributed by atoms with Gasteiger partial charge in [-0.15, -0.1) is 0 Å². The van der Waals surface area contributed by atoms with Crippen LogP contribution in [0.2, 0.25) is 0 Å². The number of aromatic nitrogens is 2. The summed E-state index contributed by atoms with van der Waals surface area (Å²) >= 11 is 0. The van der Waals surface area contributed by atoms with Crippen LogP contribution in [-0.2, 0) is 11.2 Å². The Balaban J connectivity index is 1.75. The van der Waals surface area contributed by atoms with Crippen molar-refractivity contribution in [3.63, 3.8) is 0 Å². The van der Waals surface area contributed by atoms with Crippen molar-refractivity contribution in [1.82, 2.24) is 15.3 Å². The maximum Gasteiger partial charge on any atom is 0.191 e. The predicted octanol–water partition coefficient (Wildman–Crippen LogP) is 0.884. The number of anilines is 1. The number of ether oxygens (including phenoxy) is 1. The molecule has 1 fully saturated rings. The number of H-pyrrole nitrogens is 1. The van der Waals surface area contributed by atoms with Crippen molar-refractivity contribution in [2.75, 3.05) is 38.2 Å². The molecule has 3 heterocycles. The van der Waals surface area contributed by atoms with E-state index in [-0.39, 0.29) is 11.5 Å². The summed E-state index contributed by atoms with van der Waals surface area (Å²) in [7, 11) is 1.66. The number of fused-ring (bicyclic) bond motifs is 1. The fourth-order valence-electron chi connectivity index (χ4n) is 3.35. The number of piperazine rings is 1. The fourth-order valence-corrected chi connectivity index (χ4v) is 3.35. The van der Waals surface area contributed by atoms with Gasteiger partial charge in [0.05, 0.1) is 12.3 Å². The predicted molar refractivity (Wildman–Crippen MR) is 91.0 cm³/mol. The summed E-state index contributed by atoms with van der Waals surface area (Å²) in [4.78, 5) is 22.2. The normalized spacial score (nSPS) is 20.6. The summed E-state index contributed by atoms with van der Waals surface area (Å²) in [5.74, 6) is 1.52. The number of pyridine rings is 1. The number of hydrogen-bond donors (Lipinski definition) is 2. The van der Waals surface area contributed by atoms with Crippen molar-refractivity contribution < 1.29 is 9.15 Å². The van der Waals surface area contributed by atoms with Gasteiger partial charge in [-0.05, 0) is 6.08 Å². The maximum absolute atomic E-state index is 12.6. The minimum Gasteiger partial charge on any atom is -0.444 e. The van der Waals surface area contributed by atoms with E-state index in [2.05, 4.69) is 20.2 Å². The molecular weight excluding hydrogens is 308 g/mol. The quantitative estimate of drug-likeness (QED) is 0.870. The van der Waals surface area contributed by atoms with E-state index < -0.39 is 0 Å². The minimum absolute atomic E-state index is 0.0175. The zero-order valence-electron chi connectivity index (χ0n) is 13.5. The molecule has 24 heavy (non-hydrogen) atoms. The molecule has 1 aliphatic heterocycles. The zero-order valence-corrected chi connectivity index (χ0v) is 13.5. The van der Waals surface area contributed by atoms with E-state index in [1.807, 2.05) is 6.08 Å². The molecule has 1 saturated heterocycles. The highest BCUT2D eigenvalue weighted by Crippen LogP contribution is 2.31. The van der Waals surface area contributed by atoms with Crippen molar-refractivity contribution in [2.45, 2.75) is 12.5 Å². The zero-order chi connectivity index (χ0) is 16.5. The number of nitrogens with one attached hydrogen (secondary N) is 2. The Morgan fingerprint density at radius 3 is 2.92 bits per heavy atom. The van der Waals surface area contributed by atoms with Crippen LogP contribution < -0.4 is 15.6 Å². The molecule has 2 N–H and O–H groups in total. The third-order valence-electron chi connectivity index (χ3n) is 4.63. The molecule has 7 nitrogen and oxygen atoms in total. The second-order valence-corrected chi connectivity index (χ2v) is 6.04. The smallest absolute Gasteiger partial charge is 0.191 e. The standard InChI is InChI=1S/C17H20N4O3/c1-23-15-7-13-11(6-12(15)16-9-19-10-24-16)14(22)8-17(20-13)21-4-2-18-3-5-21/h6,8-10,15,18H,2-5,7H2,1H3,(H,20,22). The molecule has 0 radical (unpaired) electrons. The van der Waals surface area contributed by atoms with Gasteiger partial charge in [0, 0.05) is 62.6 Å². The largest absolute Gasteiger partial charge is 0.444 e. The monoisotopic (exact) mass is 328 g/mol. The molecule has 0 spiro atoms. The lowest BCUT2D eigenvalue weighted by atomic mass is 9.92. The van der Waals surface area contributed by atoms with E-state index in [1.54, 1.807) is 19.4 Å². The van der Waals surface area contributed by atoms with Crippen LogP contribution >= 0.6 is 0 Å². The molecule has 7 heteroatoms. The van der Waals surface area contributed by atoms with Gasteiger partial charge < -0.3 is 24.4 Å². The van der Waals surface area contributed by atoms with Crippen LogP contribution in [0.15, 0.2) is 27.9 Å². The fraction of sp³-hybridized carbons (Fsp3) is 0.412. The number of aromatic amines is 1. The summed E-state index contributed by atoms with van der Waals surface area (Å²) in [6.45, 7) is 3.63. The molecular formula is C17H20N4O3. The van der Waals surface area contributed by atoms with Gasteiger partial charge in [0.1, 0.15) is 5.82 Å². The number of methoxy groups -OCH3 is 1. The highest BCUT2D eigenvalue weighted by atomic mass is 16.5. The molecule has 126 valence electrons. The molecule has 4 rings (SSSR count). The van der Waals surface area contributed by atoms with E-state index in [0.29, 0.717) is 17.7 Å². The Labute approximate surface area is 139 Å². The van der Waals surface area contributed by atoms with Crippen molar-refractivity contribution in [2.24, 2.45) is 0 Å². The van der Waals surface area contributed by atoms with Crippen molar-refractivity contribution in [3.05, 3.63) is 45.9 Å². The first-order chi connectivity index (χ1) is 11.8. The van der Waals surface area contributed by atoms with Crippen LogP contribution in [0, 0.1) is 0 Å². The molecule has 0 amide bonds. The average molecular weight is 328 g/mol. The van der Waals surface area contributed by atoms with Gasteiger partial charge in [-0.25, -0.2) is 4.98 Å². The third-order valence-corrected chi connectivity index (χ3v) is 4.63. The van der Waals surface area contributed by atoms with E-state index in [0.717, 1.165) is 43.3 Å². The van der Waals surface area contributed by atoms with Crippen LogP contribution in [0.3, 0.4) is 0 Å². The van der Waals surface area contributed by atoms with Crippen molar-refractivity contribution in [3.8, 4) is 0 Å². The molecule has 1 unspecified atom stereocenters. The van der Waals surface area contributed by atoms with Gasteiger partial charge in [-0.3, -0.25) is 4.79 Å². The van der Waals surface area contributed by atoms with Crippen LogP contribution in [0.4, 0.5) is 5.82 Å². The summed E-state index contributed by atoms with van der Waals surface area (Å²) in [5, 5.41) is 3.32. The van der Waals surface area contributed by atoms with Crippen molar-refractivity contribution >= 4 is 17.5 Å². The van der Waals surface area contributed by atoms with Gasteiger partial charge in [0.2, 0.25) is 0 Å². The molecule has 1 atom stereocenters. The summed E-state index contributed by atoms with van der Waals surface area (Å²) < 4.78 is 11.0. The Kier molecular flexibility index (Phi) is 3.95. The van der Waals surface area contributed by atoms with Gasteiger partial charge in [-0.2, -0.15) is 0 Å². The lowest BCUT2D eigenvalue weighted by molar-refractivity contribution is 0.146. The number of hydrogen-bond acceptors (Lipinski definition) is 6. The van der Waals surface area contributed by atoms with Crippen LogP contribution in [0.1, 0.15) is 17.0 Å². The first kappa shape index (κ1) is 15.2. The molecule has 0 aromatic carbocycles. The molecule has 2 aromatic heterocycles. The topological polar surface area (TPSA) is 83.4 Å². The molecule has 1 aliphatic carbocycles. The summed E-state index contributed by atoms with van der Waals surface area (Å²) in [6, 6.07) is 1.69. The van der Waals surface area contributed by atoms with E-state index in [1.165, 1.54) is 6.39 Å². The Morgan fingerprint density at radius 2 is 2.21 bits per heavy atom. The summed E-state index contributed by atoms with van der Waals surface area (Å²) in [5.41, 5.74) is 2.45.